The molecule has 0 fully saturated rings. The summed E-state index contributed by atoms with van der Waals surface area (Å²) in [7, 11) is 0. The zero-order valence-corrected chi connectivity index (χ0v) is 17.3. The summed E-state index contributed by atoms with van der Waals surface area (Å²) in [5, 5.41) is 0.481. The van der Waals surface area contributed by atoms with E-state index in [-0.39, 0.29) is 18.1 Å². The van der Waals surface area contributed by atoms with Crippen LogP contribution in [-0.2, 0) is 11.3 Å². The van der Waals surface area contributed by atoms with Crippen molar-refractivity contribution in [3.63, 3.8) is 0 Å². The van der Waals surface area contributed by atoms with Gasteiger partial charge in [0.05, 0.1) is 4.88 Å². The molecule has 32 heavy (non-hydrogen) atoms. The summed E-state index contributed by atoms with van der Waals surface area (Å²) >= 11 is 1.26. The fraction of sp³-hybridized carbons (Fsp3) is 0.0833. The summed E-state index contributed by atoms with van der Waals surface area (Å²) in [5.41, 5.74) is 2.35. The molecule has 0 atom stereocenters. The lowest BCUT2D eigenvalue weighted by Crippen LogP contribution is -2.16. The van der Waals surface area contributed by atoms with Crippen LogP contribution < -0.4 is 4.74 Å². The summed E-state index contributed by atoms with van der Waals surface area (Å²) in [6.07, 6.45) is -4.77. The van der Waals surface area contributed by atoms with E-state index in [1.807, 2.05) is 60.7 Å². The maximum Gasteiger partial charge on any atom is 0.573 e. The molecule has 0 radical (unpaired) electrons. The number of nitrogens with zero attached hydrogens (tertiary/aromatic N) is 1. The predicted octanol–water partition coefficient (Wildman–Crippen LogP) is 6.73. The van der Waals surface area contributed by atoms with Gasteiger partial charge in [-0.3, -0.25) is 0 Å². The number of aromatic nitrogens is 1. The smallest absolute Gasteiger partial charge is 0.456 e. The van der Waals surface area contributed by atoms with Crippen LogP contribution in [0.1, 0.15) is 16.1 Å². The number of esters is 1. The minimum Gasteiger partial charge on any atom is -0.456 e. The molecule has 0 saturated heterocycles. The summed E-state index contributed by atoms with van der Waals surface area (Å²) < 4.78 is 46.6. The lowest BCUT2D eigenvalue weighted by molar-refractivity contribution is -0.274. The Labute approximate surface area is 185 Å². The lowest BCUT2D eigenvalue weighted by Gasteiger charge is -2.08. The van der Waals surface area contributed by atoms with E-state index in [2.05, 4.69) is 9.72 Å². The Morgan fingerprint density at radius 2 is 1.47 bits per heavy atom. The monoisotopic (exact) mass is 455 g/mol. The highest BCUT2D eigenvalue weighted by Crippen LogP contribution is 2.36. The topological polar surface area (TPSA) is 48.4 Å². The number of carbonyl (C=O) groups excluding carboxylic acids is 1. The minimum atomic E-state index is -4.77. The fourth-order valence-corrected chi connectivity index (χ4v) is 4.02. The van der Waals surface area contributed by atoms with E-state index >= 15 is 0 Å². The first kappa shape index (κ1) is 21.6. The maximum atomic E-state index is 12.8. The second-order valence-electron chi connectivity index (χ2n) is 6.70. The van der Waals surface area contributed by atoms with Gasteiger partial charge in [-0.05, 0) is 35.4 Å². The molecule has 8 heteroatoms. The highest BCUT2D eigenvalue weighted by Gasteiger charge is 2.31. The highest BCUT2D eigenvalue weighted by molar-refractivity contribution is 7.18. The first-order valence-corrected chi connectivity index (χ1v) is 10.3. The van der Waals surface area contributed by atoms with Crippen molar-refractivity contribution in [2.75, 3.05) is 0 Å². The number of alkyl halides is 3. The minimum absolute atomic E-state index is 0.101. The maximum absolute atomic E-state index is 12.8. The van der Waals surface area contributed by atoms with Crippen molar-refractivity contribution < 1.29 is 27.4 Å². The molecule has 0 unspecified atom stereocenters. The van der Waals surface area contributed by atoms with E-state index in [0.29, 0.717) is 15.4 Å². The van der Waals surface area contributed by atoms with Crippen LogP contribution in [0.5, 0.6) is 5.75 Å². The van der Waals surface area contributed by atoms with Gasteiger partial charge in [-0.1, -0.05) is 60.7 Å². The molecule has 4 aromatic rings. The van der Waals surface area contributed by atoms with Crippen molar-refractivity contribution in [3.05, 3.63) is 96.2 Å². The van der Waals surface area contributed by atoms with Gasteiger partial charge in [0, 0.05) is 5.56 Å². The zero-order valence-electron chi connectivity index (χ0n) is 16.5. The molecular formula is C24H16F3NO3S. The molecule has 0 N–H and O–H groups in total. The van der Waals surface area contributed by atoms with Gasteiger partial charge in [-0.2, -0.15) is 0 Å². The molecule has 4 rings (SSSR count). The first-order chi connectivity index (χ1) is 15.4. The third kappa shape index (κ3) is 5.33. The predicted molar refractivity (Wildman–Crippen MR) is 115 cm³/mol. The van der Waals surface area contributed by atoms with Gasteiger partial charge in [-0.15, -0.1) is 24.5 Å². The summed E-state index contributed by atoms with van der Waals surface area (Å²) in [6.45, 7) is 0.101. The average molecular weight is 455 g/mol. The van der Waals surface area contributed by atoms with E-state index < -0.39 is 12.3 Å². The van der Waals surface area contributed by atoms with Crippen LogP contribution in [0, 0.1) is 0 Å². The standard InChI is InChI=1S/C24H16F3NO3S/c25-24(26,27)31-19-13-11-18(12-14-19)22-28-20(21(32-22)17-9-5-2-6-10-17)23(29)30-15-16-7-3-1-4-8-16/h1-14H,15H2. The number of rotatable bonds is 6. The van der Waals surface area contributed by atoms with Crippen molar-refractivity contribution in [1.82, 2.24) is 4.98 Å². The van der Waals surface area contributed by atoms with Crippen LogP contribution in [0.2, 0.25) is 0 Å². The van der Waals surface area contributed by atoms with E-state index in [0.717, 1.165) is 11.1 Å². The fourth-order valence-electron chi connectivity index (χ4n) is 2.96. The third-order valence-corrected chi connectivity index (χ3v) is 5.56. The SMILES string of the molecule is O=C(OCc1ccccc1)c1nc(-c2ccc(OC(F)(F)F)cc2)sc1-c1ccccc1. The number of ether oxygens (including phenoxy) is 2. The summed E-state index contributed by atoms with van der Waals surface area (Å²) in [6, 6.07) is 23.9. The van der Waals surface area contributed by atoms with Crippen LogP contribution in [0.3, 0.4) is 0 Å². The van der Waals surface area contributed by atoms with Crippen LogP contribution >= 0.6 is 11.3 Å². The van der Waals surface area contributed by atoms with Crippen LogP contribution in [0.4, 0.5) is 13.2 Å². The van der Waals surface area contributed by atoms with Crippen LogP contribution in [0.15, 0.2) is 84.9 Å². The Morgan fingerprint density at radius 1 is 0.844 bits per heavy atom. The van der Waals surface area contributed by atoms with Crippen molar-refractivity contribution in [1.29, 1.82) is 0 Å². The number of carbonyl (C=O) groups is 1. The normalized spacial score (nSPS) is 11.2. The van der Waals surface area contributed by atoms with Crippen molar-refractivity contribution in [3.8, 4) is 26.8 Å². The number of thiazole rings is 1. The molecule has 3 aromatic carbocycles. The zero-order chi connectivity index (χ0) is 22.6. The molecule has 0 saturated carbocycles. The van der Waals surface area contributed by atoms with Gasteiger partial charge in [-0.25, -0.2) is 9.78 Å². The van der Waals surface area contributed by atoms with Crippen LogP contribution in [-0.4, -0.2) is 17.3 Å². The summed E-state index contributed by atoms with van der Waals surface area (Å²) in [5.74, 6) is -0.907. The molecule has 0 aliphatic carbocycles. The molecule has 162 valence electrons. The molecule has 0 spiro atoms. The lowest BCUT2D eigenvalue weighted by atomic mass is 10.1. The Bertz CT molecular complexity index is 1190. The Hall–Kier alpha value is -3.65. The Kier molecular flexibility index (Phi) is 6.23. The van der Waals surface area contributed by atoms with Gasteiger partial charge in [0.2, 0.25) is 0 Å². The van der Waals surface area contributed by atoms with E-state index in [9.17, 15) is 18.0 Å². The molecular weight excluding hydrogens is 439 g/mol. The quantitative estimate of drug-likeness (QED) is 0.302. The second kappa shape index (κ2) is 9.23. The second-order valence-corrected chi connectivity index (χ2v) is 7.70. The Balaban J connectivity index is 1.63. The molecule has 0 aliphatic rings. The van der Waals surface area contributed by atoms with E-state index in [4.69, 9.17) is 4.74 Å². The molecule has 0 amide bonds. The largest absolute Gasteiger partial charge is 0.573 e. The van der Waals surface area contributed by atoms with E-state index in [1.54, 1.807) is 0 Å². The van der Waals surface area contributed by atoms with Gasteiger partial charge >= 0.3 is 12.3 Å². The molecule has 0 aliphatic heterocycles. The molecule has 0 bridgehead atoms. The molecule has 1 aromatic heterocycles. The van der Waals surface area contributed by atoms with Crippen molar-refractivity contribution >= 4 is 17.3 Å². The van der Waals surface area contributed by atoms with E-state index in [1.165, 1.54) is 35.6 Å². The van der Waals surface area contributed by atoms with Gasteiger partial charge in [0.15, 0.2) is 5.69 Å². The number of hydrogen-bond acceptors (Lipinski definition) is 5. The first-order valence-electron chi connectivity index (χ1n) is 9.52. The number of hydrogen-bond donors (Lipinski definition) is 0. The van der Waals surface area contributed by atoms with Crippen molar-refractivity contribution in [2.45, 2.75) is 13.0 Å². The number of benzene rings is 3. The molecule has 1 heterocycles. The van der Waals surface area contributed by atoms with Gasteiger partial charge in [0.25, 0.3) is 0 Å². The third-order valence-electron chi connectivity index (χ3n) is 4.40. The van der Waals surface area contributed by atoms with Crippen LogP contribution in [0.25, 0.3) is 21.0 Å². The van der Waals surface area contributed by atoms with Crippen molar-refractivity contribution in [2.24, 2.45) is 0 Å². The number of halogens is 3. The average Bonchev–Trinajstić information content (AvgIpc) is 3.24. The highest BCUT2D eigenvalue weighted by atomic mass is 32.1. The molecule has 4 nitrogen and oxygen atoms in total. The summed E-state index contributed by atoms with van der Waals surface area (Å²) in [4.78, 5) is 17.9. The van der Waals surface area contributed by atoms with Gasteiger partial charge < -0.3 is 9.47 Å². The Morgan fingerprint density at radius 3 is 2.09 bits per heavy atom. The van der Waals surface area contributed by atoms with Gasteiger partial charge in [0.1, 0.15) is 17.4 Å².